The Hall–Kier alpha value is -2.13. The van der Waals surface area contributed by atoms with Crippen molar-refractivity contribution in [2.75, 3.05) is 37.7 Å². The number of likely N-dealkylation sites (tertiary alicyclic amines) is 1. The van der Waals surface area contributed by atoms with Gasteiger partial charge in [0.2, 0.25) is 5.91 Å². The van der Waals surface area contributed by atoms with Gasteiger partial charge in [-0.25, -0.2) is 4.98 Å². The van der Waals surface area contributed by atoms with Gasteiger partial charge in [-0.2, -0.15) is 5.26 Å². The van der Waals surface area contributed by atoms with Crippen molar-refractivity contribution < 1.29 is 9.90 Å². The molecule has 0 unspecified atom stereocenters. The minimum Gasteiger partial charge on any atom is -0.395 e. The fraction of sp³-hybridized carbons (Fsp3) is 0.588. The van der Waals surface area contributed by atoms with E-state index in [1.54, 1.807) is 12.3 Å². The van der Waals surface area contributed by atoms with Crippen LogP contribution in [0.15, 0.2) is 18.3 Å². The number of aromatic nitrogens is 1. The molecular weight excluding hydrogens is 292 g/mol. The van der Waals surface area contributed by atoms with Crippen LogP contribution in [0, 0.1) is 16.7 Å². The average Bonchev–Trinajstić information content (AvgIpc) is 2.59. The van der Waals surface area contributed by atoms with E-state index in [-0.39, 0.29) is 17.9 Å². The van der Waals surface area contributed by atoms with Crippen molar-refractivity contribution in [3.05, 3.63) is 23.9 Å². The summed E-state index contributed by atoms with van der Waals surface area (Å²) in [7, 11) is 0. The Labute approximate surface area is 136 Å². The van der Waals surface area contributed by atoms with Gasteiger partial charge in [-0.1, -0.05) is 0 Å². The van der Waals surface area contributed by atoms with Crippen molar-refractivity contribution in [2.24, 2.45) is 5.41 Å². The number of anilines is 1. The maximum atomic E-state index is 11.9. The van der Waals surface area contributed by atoms with Gasteiger partial charge < -0.3 is 14.9 Å². The number of hydrogen-bond acceptors (Lipinski definition) is 5. The molecule has 1 aromatic rings. The highest BCUT2D eigenvalue weighted by molar-refractivity contribution is 5.77. The summed E-state index contributed by atoms with van der Waals surface area (Å²) in [4.78, 5) is 20.3. The summed E-state index contributed by atoms with van der Waals surface area (Å²) in [5.74, 6) is 1.02. The van der Waals surface area contributed by atoms with E-state index in [1.807, 2.05) is 11.0 Å². The molecule has 0 atom stereocenters. The smallest absolute Gasteiger partial charge is 0.222 e. The Bertz CT molecular complexity index is 617. The number of hydrogen-bond donors (Lipinski definition) is 1. The third kappa shape index (κ3) is 3.30. The van der Waals surface area contributed by atoms with Crippen molar-refractivity contribution in [3.8, 4) is 6.07 Å². The van der Waals surface area contributed by atoms with Crippen LogP contribution >= 0.6 is 0 Å². The third-order valence-corrected chi connectivity index (χ3v) is 5.14. The second-order valence-corrected chi connectivity index (χ2v) is 6.54. The van der Waals surface area contributed by atoms with Crippen LogP contribution in [-0.4, -0.2) is 53.7 Å². The van der Waals surface area contributed by atoms with Gasteiger partial charge in [0.15, 0.2) is 0 Å². The van der Waals surface area contributed by atoms with Crippen LogP contribution in [0.1, 0.15) is 31.2 Å². The van der Waals surface area contributed by atoms with Crippen molar-refractivity contribution in [3.63, 3.8) is 0 Å². The highest BCUT2D eigenvalue weighted by Gasteiger charge is 2.40. The molecule has 1 spiro atoms. The molecule has 0 radical (unpaired) electrons. The molecule has 6 heteroatoms. The predicted molar refractivity (Wildman–Crippen MR) is 85.7 cm³/mol. The molecular formula is C17H22N4O2. The Kier molecular flexibility index (Phi) is 4.49. The lowest BCUT2D eigenvalue weighted by Gasteiger charge is -2.47. The van der Waals surface area contributed by atoms with Gasteiger partial charge in [-0.3, -0.25) is 4.79 Å². The van der Waals surface area contributed by atoms with E-state index < -0.39 is 0 Å². The molecule has 6 nitrogen and oxygen atoms in total. The summed E-state index contributed by atoms with van der Waals surface area (Å²) >= 11 is 0. The van der Waals surface area contributed by atoms with E-state index in [0.29, 0.717) is 18.5 Å². The molecule has 0 saturated carbocycles. The number of aliphatic hydroxyl groups excluding tert-OH is 1. The number of pyridine rings is 1. The van der Waals surface area contributed by atoms with E-state index in [0.717, 1.165) is 44.7 Å². The summed E-state index contributed by atoms with van der Waals surface area (Å²) < 4.78 is 0. The van der Waals surface area contributed by atoms with E-state index in [1.165, 1.54) is 0 Å². The Morgan fingerprint density at radius 3 is 2.83 bits per heavy atom. The van der Waals surface area contributed by atoms with Crippen LogP contribution in [0.5, 0.6) is 0 Å². The first kappa shape index (κ1) is 15.8. The molecule has 1 N–H and O–H groups in total. The summed E-state index contributed by atoms with van der Waals surface area (Å²) in [5.41, 5.74) is 0.805. The average molecular weight is 314 g/mol. The quantitative estimate of drug-likeness (QED) is 0.905. The number of aliphatic hydroxyl groups is 1. The maximum Gasteiger partial charge on any atom is 0.222 e. The molecule has 0 aromatic carbocycles. The van der Waals surface area contributed by atoms with Gasteiger partial charge >= 0.3 is 0 Å². The summed E-state index contributed by atoms with van der Waals surface area (Å²) in [6, 6.07) is 5.70. The Morgan fingerprint density at radius 2 is 2.13 bits per heavy atom. The molecule has 23 heavy (non-hydrogen) atoms. The first-order chi connectivity index (χ1) is 11.2. The van der Waals surface area contributed by atoms with Crippen LogP contribution in [-0.2, 0) is 4.79 Å². The number of piperidine rings is 2. The van der Waals surface area contributed by atoms with Gasteiger partial charge in [0.25, 0.3) is 0 Å². The van der Waals surface area contributed by atoms with Crippen LogP contribution < -0.4 is 4.90 Å². The van der Waals surface area contributed by atoms with Gasteiger partial charge in [-0.15, -0.1) is 0 Å². The SMILES string of the molecule is N#Cc1ccnc(N2CCC3(CCC(=O)N(CCO)C3)CC2)c1. The largest absolute Gasteiger partial charge is 0.395 e. The molecule has 0 aliphatic carbocycles. The van der Waals surface area contributed by atoms with Crippen molar-refractivity contribution in [2.45, 2.75) is 25.7 Å². The molecule has 3 heterocycles. The highest BCUT2D eigenvalue weighted by atomic mass is 16.3. The van der Waals surface area contributed by atoms with E-state index in [9.17, 15) is 4.79 Å². The number of β-amino-alcohol motifs (C(OH)–C–C–N with tert-alkyl or cyclic N) is 1. The first-order valence-corrected chi connectivity index (χ1v) is 8.16. The van der Waals surface area contributed by atoms with Crippen molar-refractivity contribution >= 4 is 11.7 Å². The fourth-order valence-electron chi connectivity index (χ4n) is 3.71. The first-order valence-electron chi connectivity index (χ1n) is 8.16. The van der Waals surface area contributed by atoms with Gasteiger partial charge in [0, 0.05) is 38.8 Å². The normalized spacial score (nSPS) is 20.6. The topological polar surface area (TPSA) is 80.5 Å². The predicted octanol–water partition coefficient (Wildman–Crippen LogP) is 1.15. The molecule has 2 saturated heterocycles. The second kappa shape index (κ2) is 6.55. The van der Waals surface area contributed by atoms with E-state index >= 15 is 0 Å². The Balaban J connectivity index is 1.65. The van der Waals surface area contributed by atoms with Crippen LogP contribution in [0.3, 0.4) is 0 Å². The Morgan fingerprint density at radius 1 is 1.35 bits per heavy atom. The van der Waals surface area contributed by atoms with E-state index in [2.05, 4.69) is 16.0 Å². The number of amides is 1. The zero-order valence-electron chi connectivity index (χ0n) is 13.2. The molecule has 122 valence electrons. The minimum atomic E-state index is 0.0266. The van der Waals surface area contributed by atoms with Gasteiger partial charge in [0.05, 0.1) is 18.2 Å². The zero-order valence-corrected chi connectivity index (χ0v) is 13.2. The second-order valence-electron chi connectivity index (χ2n) is 6.54. The number of nitrogens with zero attached hydrogens (tertiary/aromatic N) is 4. The summed E-state index contributed by atoms with van der Waals surface area (Å²) in [6.07, 6.45) is 5.23. The lowest BCUT2D eigenvalue weighted by Crippen LogP contribution is -2.52. The van der Waals surface area contributed by atoms with E-state index in [4.69, 9.17) is 10.4 Å². The number of carbonyl (C=O) groups is 1. The van der Waals surface area contributed by atoms with Crippen LogP contribution in [0.4, 0.5) is 5.82 Å². The maximum absolute atomic E-state index is 11.9. The number of nitriles is 1. The summed E-state index contributed by atoms with van der Waals surface area (Å²) in [6.45, 7) is 3.01. The molecule has 0 bridgehead atoms. The van der Waals surface area contributed by atoms with Crippen molar-refractivity contribution in [1.29, 1.82) is 5.26 Å². The minimum absolute atomic E-state index is 0.0266. The van der Waals surface area contributed by atoms with Gasteiger partial charge in [0.1, 0.15) is 5.82 Å². The van der Waals surface area contributed by atoms with Crippen LogP contribution in [0.2, 0.25) is 0 Å². The lowest BCUT2D eigenvalue weighted by atomic mass is 9.72. The van der Waals surface area contributed by atoms with Crippen LogP contribution in [0.25, 0.3) is 0 Å². The van der Waals surface area contributed by atoms with Crippen molar-refractivity contribution in [1.82, 2.24) is 9.88 Å². The molecule has 2 aliphatic rings. The molecule has 2 fully saturated rings. The monoisotopic (exact) mass is 314 g/mol. The zero-order chi connectivity index (χ0) is 16.3. The highest BCUT2D eigenvalue weighted by Crippen LogP contribution is 2.40. The molecule has 2 aliphatic heterocycles. The molecule has 3 rings (SSSR count). The van der Waals surface area contributed by atoms with Gasteiger partial charge in [-0.05, 0) is 36.8 Å². The number of rotatable bonds is 3. The summed E-state index contributed by atoms with van der Waals surface area (Å²) in [5, 5.41) is 18.1. The lowest BCUT2D eigenvalue weighted by molar-refractivity contribution is -0.138. The third-order valence-electron chi connectivity index (χ3n) is 5.14. The molecule has 1 aromatic heterocycles. The number of carbonyl (C=O) groups excluding carboxylic acids is 1. The fourth-order valence-corrected chi connectivity index (χ4v) is 3.71. The molecule has 1 amide bonds. The standard InChI is InChI=1S/C17H22N4O2/c18-12-14-2-6-19-15(11-14)20-7-4-17(5-8-20)3-1-16(23)21(13-17)9-10-22/h2,6,11,22H,1,3-5,7-10,13H2.